The van der Waals surface area contributed by atoms with E-state index in [2.05, 4.69) is 40.8 Å². The van der Waals surface area contributed by atoms with E-state index in [1.165, 1.54) is 5.56 Å². The second kappa shape index (κ2) is 10.1. The van der Waals surface area contributed by atoms with Crippen LogP contribution in [0.15, 0.2) is 43.0 Å². The summed E-state index contributed by atoms with van der Waals surface area (Å²) in [5, 5.41) is 4.32. The maximum Gasteiger partial charge on any atom is 0.0945 e. The van der Waals surface area contributed by atoms with Crippen molar-refractivity contribution in [3.8, 4) is 0 Å². The summed E-state index contributed by atoms with van der Waals surface area (Å²) in [6.07, 6.45) is 6.78. The molecule has 0 spiro atoms. The topological polar surface area (TPSA) is 29.9 Å². The molecule has 0 unspecified atom stereocenters. The molecular weight excluding hydrogens is 341 g/mol. The van der Waals surface area contributed by atoms with Crippen LogP contribution in [0.5, 0.6) is 0 Å². The number of rotatable bonds is 7. The van der Waals surface area contributed by atoms with Crippen molar-refractivity contribution in [1.29, 1.82) is 0 Å². The summed E-state index contributed by atoms with van der Waals surface area (Å²) in [6, 6.07) is 8.13. The molecule has 124 valence electrons. The van der Waals surface area contributed by atoms with Crippen LogP contribution in [0.3, 0.4) is 0 Å². The van der Waals surface area contributed by atoms with Gasteiger partial charge in [0.25, 0.3) is 0 Å². The van der Waals surface area contributed by atoms with Gasteiger partial charge >= 0.3 is 0 Å². The molecule has 1 aromatic heterocycles. The monoisotopic (exact) mass is 363 g/mol. The summed E-state index contributed by atoms with van der Waals surface area (Å²) in [5.41, 5.74) is 1.42. The molecule has 22 heavy (non-hydrogen) atoms. The zero-order valence-electron chi connectivity index (χ0n) is 13.0. The molecule has 1 heterocycles. The van der Waals surface area contributed by atoms with Crippen molar-refractivity contribution in [2.45, 2.75) is 32.2 Å². The van der Waals surface area contributed by atoms with Gasteiger partial charge in [-0.25, -0.2) is 4.98 Å². The fourth-order valence-electron chi connectivity index (χ4n) is 2.21. The van der Waals surface area contributed by atoms with Gasteiger partial charge in [0.05, 0.1) is 6.33 Å². The minimum atomic E-state index is 0. The van der Waals surface area contributed by atoms with Crippen LogP contribution in [0.25, 0.3) is 0 Å². The number of imidazole rings is 1. The molecule has 0 atom stereocenters. The first kappa shape index (κ1) is 21.3. The molecule has 0 radical (unpaired) electrons. The Labute approximate surface area is 150 Å². The highest BCUT2D eigenvalue weighted by atomic mass is 35.5. The summed E-state index contributed by atoms with van der Waals surface area (Å²) in [7, 11) is 0. The highest BCUT2D eigenvalue weighted by Gasteiger charge is 2.19. The molecule has 0 fully saturated rings. The van der Waals surface area contributed by atoms with Gasteiger partial charge in [0.15, 0.2) is 0 Å². The summed E-state index contributed by atoms with van der Waals surface area (Å²) >= 11 is 5.93. The molecular formula is C16H24Cl3N3. The van der Waals surface area contributed by atoms with E-state index in [-0.39, 0.29) is 30.2 Å². The van der Waals surface area contributed by atoms with Crippen molar-refractivity contribution < 1.29 is 0 Å². The number of aromatic nitrogens is 2. The molecule has 0 saturated carbocycles. The molecule has 1 N–H and O–H groups in total. The lowest BCUT2D eigenvalue weighted by molar-refractivity contribution is 0.458. The third-order valence-electron chi connectivity index (χ3n) is 3.52. The summed E-state index contributed by atoms with van der Waals surface area (Å²) in [6.45, 7) is 7.47. The van der Waals surface area contributed by atoms with E-state index in [9.17, 15) is 0 Å². The Balaban J connectivity index is 0.00000220. The van der Waals surface area contributed by atoms with E-state index < -0.39 is 0 Å². The predicted octanol–water partition coefficient (Wildman–Crippen LogP) is 4.34. The van der Waals surface area contributed by atoms with E-state index in [1.807, 2.05) is 30.9 Å². The summed E-state index contributed by atoms with van der Waals surface area (Å²) in [5.74, 6) is 0. The van der Waals surface area contributed by atoms with Gasteiger partial charge in [-0.05, 0) is 30.7 Å². The van der Waals surface area contributed by atoms with E-state index in [1.54, 1.807) is 0 Å². The van der Waals surface area contributed by atoms with E-state index in [0.29, 0.717) is 0 Å². The number of nitrogens with zero attached hydrogens (tertiary/aromatic N) is 2. The van der Waals surface area contributed by atoms with Gasteiger partial charge in [-0.1, -0.05) is 37.6 Å². The first-order chi connectivity index (χ1) is 9.58. The molecule has 2 aromatic rings. The minimum absolute atomic E-state index is 0. The summed E-state index contributed by atoms with van der Waals surface area (Å²) in [4.78, 5) is 4.04. The number of aryl methyl sites for hydroxylation is 1. The second-order valence-corrected chi connectivity index (χ2v) is 6.16. The molecule has 2 rings (SSSR count). The van der Waals surface area contributed by atoms with Crippen LogP contribution in [0.2, 0.25) is 5.02 Å². The molecule has 3 nitrogen and oxygen atoms in total. The van der Waals surface area contributed by atoms with Crippen molar-refractivity contribution in [1.82, 2.24) is 14.9 Å². The average molecular weight is 365 g/mol. The zero-order chi connectivity index (χ0) is 14.4. The van der Waals surface area contributed by atoms with Gasteiger partial charge < -0.3 is 9.88 Å². The van der Waals surface area contributed by atoms with Crippen LogP contribution in [0.4, 0.5) is 0 Å². The van der Waals surface area contributed by atoms with Gasteiger partial charge in [0.1, 0.15) is 0 Å². The lowest BCUT2D eigenvalue weighted by atomic mass is 9.84. The number of hydrogen-bond acceptors (Lipinski definition) is 2. The standard InChI is InChI=1S/C16H22ClN3.2ClH/c1-16(2,14-4-6-15(17)7-5-14)12-18-8-3-10-20-11-9-19-13-20;;/h4-7,9,11,13,18H,3,8,10,12H2,1-2H3;2*1H. The fourth-order valence-corrected chi connectivity index (χ4v) is 2.34. The number of hydrogen-bond donors (Lipinski definition) is 1. The lowest BCUT2D eigenvalue weighted by Crippen LogP contribution is -2.33. The Morgan fingerprint density at radius 3 is 2.45 bits per heavy atom. The van der Waals surface area contributed by atoms with Crippen LogP contribution < -0.4 is 5.32 Å². The van der Waals surface area contributed by atoms with Crippen LogP contribution in [0, 0.1) is 0 Å². The second-order valence-electron chi connectivity index (χ2n) is 5.72. The maximum absolute atomic E-state index is 5.93. The molecule has 0 aliphatic carbocycles. The highest BCUT2D eigenvalue weighted by molar-refractivity contribution is 6.30. The molecule has 0 aliphatic rings. The highest BCUT2D eigenvalue weighted by Crippen LogP contribution is 2.23. The molecule has 0 aliphatic heterocycles. The largest absolute Gasteiger partial charge is 0.337 e. The van der Waals surface area contributed by atoms with Gasteiger partial charge in [0, 0.05) is 35.9 Å². The van der Waals surface area contributed by atoms with E-state index in [0.717, 1.165) is 31.1 Å². The van der Waals surface area contributed by atoms with E-state index in [4.69, 9.17) is 11.6 Å². The number of halogens is 3. The van der Waals surface area contributed by atoms with Gasteiger partial charge in [-0.3, -0.25) is 0 Å². The average Bonchev–Trinajstić information content (AvgIpc) is 2.92. The van der Waals surface area contributed by atoms with Crippen molar-refractivity contribution in [2.75, 3.05) is 13.1 Å². The Morgan fingerprint density at radius 1 is 1.18 bits per heavy atom. The quantitative estimate of drug-likeness (QED) is 0.741. The van der Waals surface area contributed by atoms with Crippen LogP contribution in [0.1, 0.15) is 25.8 Å². The molecule has 0 amide bonds. The molecule has 0 bridgehead atoms. The Kier molecular flexibility index (Phi) is 9.77. The Hall–Kier alpha value is -0.740. The Bertz CT molecular complexity index is 510. The maximum atomic E-state index is 5.93. The minimum Gasteiger partial charge on any atom is -0.337 e. The number of benzene rings is 1. The van der Waals surface area contributed by atoms with E-state index >= 15 is 0 Å². The molecule has 1 aromatic carbocycles. The van der Waals surface area contributed by atoms with Gasteiger partial charge in [-0.15, -0.1) is 24.8 Å². The fraction of sp³-hybridized carbons (Fsp3) is 0.438. The predicted molar refractivity (Wildman–Crippen MR) is 98.7 cm³/mol. The summed E-state index contributed by atoms with van der Waals surface area (Å²) < 4.78 is 2.10. The van der Waals surface area contributed by atoms with Crippen molar-refractivity contribution in [2.24, 2.45) is 0 Å². The zero-order valence-corrected chi connectivity index (χ0v) is 15.3. The lowest BCUT2D eigenvalue weighted by Gasteiger charge is -2.26. The third-order valence-corrected chi connectivity index (χ3v) is 3.77. The van der Waals surface area contributed by atoms with Crippen molar-refractivity contribution in [3.63, 3.8) is 0 Å². The smallest absolute Gasteiger partial charge is 0.0945 e. The first-order valence-corrected chi connectivity index (χ1v) is 7.38. The number of nitrogens with one attached hydrogen (secondary N) is 1. The van der Waals surface area contributed by atoms with Crippen molar-refractivity contribution in [3.05, 3.63) is 53.6 Å². The van der Waals surface area contributed by atoms with Crippen LogP contribution in [-0.4, -0.2) is 22.6 Å². The first-order valence-electron chi connectivity index (χ1n) is 7.00. The van der Waals surface area contributed by atoms with Gasteiger partial charge in [0.2, 0.25) is 0 Å². The van der Waals surface area contributed by atoms with Gasteiger partial charge in [-0.2, -0.15) is 0 Å². The normalized spacial score (nSPS) is 10.7. The third kappa shape index (κ3) is 6.57. The van der Waals surface area contributed by atoms with Crippen LogP contribution >= 0.6 is 36.4 Å². The van der Waals surface area contributed by atoms with Crippen LogP contribution in [-0.2, 0) is 12.0 Å². The SMILES string of the molecule is CC(C)(CNCCCn1ccnc1)c1ccc(Cl)cc1.Cl.Cl. The van der Waals surface area contributed by atoms with Crippen molar-refractivity contribution >= 4 is 36.4 Å². The molecule has 0 saturated heterocycles. The Morgan fingerprint density at radius 2 is 1.86 bits per heavy atom. The molecule has 6 heteroatoms.